The zero-order valence-corrected chi connectivity index (χ0v) is 22.0. The van der Waals surface area contributed by atoms with Gasteiger partial charge in [0.2, 0.25) is 11.8 Å². The SMILES string of the molecule is COC(=O)c1ccc(NC(=O)N[C@H](C(=O)N2CCC[C@H]2C(=O)NC(C(C)C)C(O)C(F)(F)F)C(C)C)cc1. The predicted octanol–water partition coefficient (Wildman–Crippen LogP) is 2.67. The van der Waals surface area contributed by atoms with Crippen molar-refractivity contribution in [1.29, 1.82) is 0 Å². The van der Waals surface area contributed by atoms with Gasteiger partial charge in [-0.05, 0) is 48.9 Å². The van der Waals surface area contributed by atoms with Crippen LogP contribution in [0.15, 0.2) is 24.3 Å². The topological polar surface area (TPSA) is 137 Å². The number of carbonyl (C=O) groups is 4. The number of aliphatic hydroxyl groups excluding tert-OH is 1. The summed E-state index contributed by atoms with van der Waals surface area (Å²) in [5, 5.41) is 17.2. The molecule has 1 heterocycles. The number of esters is 1. The van der Waals surface area contributed by atoms with Crippen LogP contribution >= 0.6 is 0 Å². The van der Waals surface area contributed by atoms with Crippen LogP contribution in [-0.2, 0) is 14.3 Å². The Morgan fingerprint density at radius 3 is 2.13 bits per heavy atom. The summed E-state index contributed by atoms with van der Waals surface area (Å²) in [5.74, 6) is -2.99. The van der Waals surface area contributed by atoms with Crippen LogP contribution in [0.2, 0.25) is 0 Å². The lowest BCUT2D eigenvalue weighted by Crippen LogP contribution is -2.59. The Kier molecular flexibility index (Phi) is 10.5. The van der Waals surface area contributed by atoms with E-state index in [9.17, 15) is 37.5 Å². The number of urea groups is 1. The third-order valence-corrected chi connectivity index (χ3v) is 6.32. The monoisotopic (exact) mass is 544 g/mol. The van der Waals surface area contributed by atoms with E-state index in [1.165, 1.54) is 50.1 Å². The van der Waals surface area contributed by atoms with Crippen molar-refractivity contribution < 1.29 is 42.2 Å². The minimum atomic E-state index is -4.92. The molecule has 4 atom stereocenters. The Labute approximate surface area is 219 Å². The summed E-state index contributed by atoms with van der Waals surface area (Å²) in [6.45, 7) is 6.48. The molecular formula is C25H35F3N4O6. The molecule has 0 radical (unpaired) electrons. The molecule has 0 aromatic heterocycles. The number of ether oxygens (including phenoxy) is 1. The Morgan fingerprint density at radius 2 is 1.63 bits per heavy atom. The van der Waals surface area contributed by atoms with Gasteiger partial charge in [-0.3, -0.25) is 9.59 Å². The van der Waals surface area contributed by atoms with Crippen molar-refractivity contribution in [2.45, 2.75) is 70.9 Å². The molecule has 0 aliphatic carbocycles. The van der Waals surface area contributed by atoms with Crippen molar-refractivity contribution in [2.75, 3.05) is 19.0 Å². The standard InChI is InChI=1S/C25H35F3N4O6/c1-13(2)18(20(33)25(26,27)28)30-21(34)17-7-6-12-32(17)22(35)19(14(3)4)31-24(37)29-16-10-8-15(9-11-16)23(36)38-5/h8-11,13-14,17-20,33H,6-7,12H2,1-5H3,(H,30,34)(H2,29,31,37)/t17-,18?,19-,20?/m0/s1. The summed E-state index contributed by atoms with van der Waals surface area (Å²) in [4.78, 5) is 51.8. The van der Waals surface area contributed by atoms with Gasteiger partial charge in [0.05, 0.1) is 18.7 Å². The molecule has 13 heteroatoms. The molecule has 4 amide bonds. The van der Waals surface area contributed by atoms with E-state index in [1.807, 2.05) is 0 Å². The number of hydrogen-bond acceptors (Lipinski definition) is 6. The Hall–Kier alpha value is -3.35. The van der Waals surface area contributed by atoms with Gasteiger partial charge in [-0.25, -0.2) is 9.59 Å². The molecule has 4 N–H and O–H groups in total. The molecule has 38 heavy (non-hydrogen) atoms. The van der Waals surface area contributed by atoms with Gasteiger partial charge in [-0.1, -0.05) is 27.7 Å². The fourth-order valence-corrected chi connectivity index (χ4v) is 4.19. The largest absolute Gasteiger partial charge is 0.465 e. The maximum absolute atomic E-state index is 13.4. The molecule has 1 aromatic rings. The number of methoxy groups -OCH3 is 1. The number of carbonyl (C=O) groups excluding carboxylic acids is 4. The number of hydrogen-bond donors (Lipinski definition) is 4. The number of rotatable bonds is 9. The van der Waals surface area contributed by atoms with Gasteiger partial charge in [0, 0.05) is 12.2 Å². The van der Waals surface area contributed by atoms with Crippen LogP contribution in [0, 0.1) is 11.8 Å². The van der Waals surface area contributed by atoms with Gasteiger partial charge < -0.3 is 30.7 Å². The van der Waals surface area contributed by atoms with Gasteiger partial charge in [0.15, 0.2) is 6.10 Å². The second-order valence-electron chi connectivity index (χ2n) is 9.84. The molecule has 1 aromatic carbocycles. The highest BCUT2D eigenvalue weighted by Crippen LogP contribution is 2.27. The summed E-state index contributed by atoms with van der Waals surface area (Å²) in [7, 11) is 1.24. The highest BCUT2D eigenvalue weighted by molar-refractivity contribution is 5.96. The number of anilines is 1. The number of aliphatic hydroxyl groups is 1. The fourth-order valence-electron chi connectivity index (χ4n) is 4.19. The molecule has 0 bridgehead atoms. The van der Waals surface area contributed by atoms with E-state index in [1.54, 1.807) is 13.8 Å². The van der Waals surface area contributed by atoms with Crippen LogP contribution in [0.5, 0.6) is 0 Å². The molecular weight excluding hydrogens is 509 g/mol. The summed E-state index contributed by atoms with van der Waals surface area (Å²) >= 11 is 0. The molecule has 212 valence electrons. The third-order valence-electron chi connectivity index (χ3n) is 6.32. The Morgan fingerprint density at radius 1 is 1.03 bits per heavy atom. The molecule has 1 fully saturated rings. The van der Waals surface area contributed by atoms with E-state index < -0.39 is 60.1 Å². The lowest BCUT2D eigenvalue weighted by Gasteiger charge is -2.33. The molecule has 2 rings (SSSR count). The van der Waals surface area contributed by atoms with Crippen molar-refractivity contribution >= 4 is 29.5 Å². The van der Waals surface area contributed by atoms with Crippen LogP contribution in [0.1, 0.15) is 50.9 Å². The Bertz CT molecular complexity index is 1000. The van der Waals surface area contributed by atoms with E-state index in [-0.39, 0.29) is 24.4 Å². The molecule has 2 unspecified atom stereocenters. The highest BCUT2D eigenvalue weighted by atomic mass is 19.4. The number of halogens is 3. The van der Waals surface area contributed by atoms with Crippen molar-refractivity contribution in [3.8, 4) is 0 Å². The third kappa shape index (κ3) is 7.83. The van der Waals surface area contributed by atoms with Crippen LogP contribution in [0.4, 0.5) is 23.7 Å². The van der Waals surface area contributed by atoms with Gasteiger partial charge >= 0.3 is 18.2 Å². The second kappa shape index (κ2) is 12.9. The molecule has 10 nitrogen and oxygen atoms in total. The van der Waals surface area contributed by atoms with Gasteiger partial charge in [0.25, 0.3) is 0 Å². The first-order chi connectivity index (χ1) is 17.7. The van der Waals surface area contributed by atoms with Crippen LogP contribution in [0.25, 0.3) is 0 Å². The maximum Gasteiger partial charge on any atom is 0.416 e. The van der Waals surface area contributed by atoms with Crippen molar-refractivity contribution in [3.63, 3.8) is 0 Å². The summed E-state index contributed by atoms with van der Waals surface area (Å²) in [5.41, 5.74) is 0.640. The first-order valence-electron chi connectivity index (χ1n) is 12.3. The number of amides is 4. The average Bonchev–Trinajstić information content (AvgIpc) is 3.34. The van der Waals surface area contributed by atoms with Crippen molar-refractivity contribution in [1.82, 2.24) is 15.5 Å². The molecule has 0 spiro atoms. The minimum absolute atomic E-state index is 0.187. The molecule has 1 aliphatic heterocycles. The van der Waals surface area contributed by atoms with Crippen LogP contribution in [-0.4, -0.2) is 77.9 Å². The van der Waals surface area contributed by atoms with E-state index in [0.717, 1.165) is 0 Å². The fraction of sp³-hybridized carbons (Fsp3) is 0.600. The van der Waals surface area contributed by atoms with Crippen LogP contribution < -0.4 is 16.0 Å². The summed E-state index contributed by atoms with van der Waals surface area (Å²) in [6.07, 6.45) is -7.00. The number of alkyl halides is 3. The van der Waals surface area contributed by atoms with Gasteiger partial charge in [-0.2, -0.15) is 13.2 Å². The van der Waals surface area contributed by atoms with E-state index >= 15 is 0 Å². The number of nitrogens with one attached hydrogen (secondary N) is 3. The number of benzene rings is 1. The smallest absolute Gasteiger partial charge is 0.416 e. The highest BCUT2D eigenvalue weighted by Gasteiger charge is 2.46. The number of likely N-dealkylation sites (tertiary alicyclic amines) is 1. The molecule has 1 saturated heterocycles. The van der Waals surface area contributed by atoms with E-state index in [4.69, 9.17) is 0 Å². The maximum atomic E-state index is 13.4. The quantitative estimate of drug-likeness (QED) is 0.353. The predicted molar refractivity (Wildman–Crippen MR) is 132 cm³/mol. The second-order valence-corrected chi connectivity index (χ2v) is 9.84. The normalized spacial score (nSPS) is 18.1. The van der Waals surface area contributed by atoms with Crippen molar-refractivity contribution in [3.05, 3.63) is 29.8 Å². The van der Waals surface area contributed by atoms with E-state index in [0.29, 0.717) is 12.1 Å². The zero-order chi connectivity index (χ0) is 28.8. The van der Waals surface area contributed by atoms with Crippen LogP contribution in [0.3, 0.4) is 0 Å². The van der Waals surface area contributed by atoms with Crippen molar-refractivity contribution in [2.24, 2.45) is 11.8 Å². The first kappa shape index (κ1) is 30.9. The molecule has 1 aliphatic rings. The lowest BCUT2D eigenvalue weighted by atomic mass is 9.97. The Balaban J connectivity index is 2.10. The molecule has 0 saturated carbocycles. The average molecular weight is 545 g/mol. The lowest BCUT2D eigenvalue weighted by molar-refractivity contribution is -0.215. The van der Waals surface area contributed by atoms with Gasteiger partial charge in [0.1, 0.15) is 12.1 Å². The van der Waals surface area contributed by atoms with Gasteiger partial charge in [-0.15, -0.1) is 0 Å². The van der Waals surface area contributed by atoms with E-state index in [2.05, 4.69) is 20.7 Å². The minimum Gasteiger partial charge on any atom is -0.465 e. The summed E-state index contributed by atoms with van der Waals surface area (Å²) < 4.78 is 43.9. The zero-order valence-electron chi connectivity index (χ0n) is 22.0. The first-order valence-corrected chi connectivity index (χ1v) is 12.3. The summed E-state index contributed by atoms with van der Waals surface area (Å²) in [6, 6.07) is 1.53. The number of nitrogens with zero attached hydrogens (tertiary/aromatic N) is 1.